The fraction of sp³-hybridized carbons (Fsp3) is 0.974. The minimum absolute atomic E-state index is 0.136. The lowest BCUT2D eigenvalue weighted by molar-refractivity contribution is -0.302. The van der Waals surface area contributed by atoms with Crippen LogP contribution in [0.4, 0.5) is 0 Å². The molecule has 1 heterocycles. The number of aliphatic hydroxyl groups is 5. The van der Waals surface area contributed by atoms with Crippen molar-refractivity contribution in [2.75, 3.05) is 13.2 Å². The van der Waals surface area contributed by atoms with Crippen molar-refractivity contribution in [2.45, 2.75) is 230 Å². The molecule has 0 aromatic carbocycles. The van der Waals surface area contributed by atoms with Crippen LogP contribution in [0.5, 0.6) is 0 Å². The molecule has 48 heavy (non-hydrogen) atoms. The Labute approximate surface area is 294 Å². The molecule has 1 aliphatic heterocycles. The van der Waals surface area contributed by atoms with Crippen LogP contribution in [0.3, 0.4) is 0 Å². The lowest BCUT2D eigenvalue weighted by Crippen LogP contribution is -2.60. The highest BCUT2D eigenvalue weighted by Crippen LogP contribution is 2.23. The lowest BCUT2D eigenvalue weighted by Gasteiger charge is -2.40. The van der Waals surface area contributed by atoms with Gasteiger partial charge in [-0.25, -0.2) is 0 Å². The molecule has 0 aromatic heterocycles. The summed E-state index contributed by atoms with van der Waals surface area (Å²) < 4.78 is 11.1. The molecule has 286 valence electrons. The van der Waals surface area contributed by atoms with E-state index >= 15 is 0 Å². The van der Waals surface area contributed by atoms with Crippen molar-refractivity contribution in [3.05, 3.63) is 0 Å². The number of hydrogen-bond donors (Lipinski definition) is 6. The summed E-state index contributed by atoms with van der Waals surface area (Å²) in [6, 6.07) is -0.707. The van der Waals surface area contributed by atoms with Crippen LogP contribution in [0.1, 0.15) is 187 Å². The normalized spacial score (nSPS) is 22.5. The molecular formula is C39H77NO8. The number of ether oxygens (including phenoxy) is 2. The van der Waals surface area contributed by atoms with E-state index in [2.05, 4.69) is 19.2 Å². The van der Waals surface area contributed by atoms with Crippen LogP contribution in [0.25, 0.3) is 0 Å². The molecule has 7 unspecified atom stereocenters. The van der Waals surface area contributed by atoms with E-state index < -0.39 is 49.5 Å². The fourth-order valence-electron chi connectivity index (χ4n) is 6.63. The second-order valence-corrected chi connectivity index (χ2v) is 14.4. The Balaban J connectivity index is 2.15. The Hall–Kier alpha value is -0.810. The number of nitrogens with one attached hydrogen (secondary N) is 1. The summed E-state index contributed by atoms with van der Waals surface area (Å²) in [6.07, 6.45) is 24.7. The molecule has 0 aromatic rings. The van der Waals surface area contributed by atoms with E-state index in [1.165, 1.54) is 116 Å². The predicted molar refractivity (Wildman–Crippen MR) is 194 cm³/mol. The van der Waals surface area contributed by atoms with Gasteiger partial charge in [0.05, 0.1) is 25.4 Å². The molecule has 1 aliphatic rings. The average molecular weight is 688 g/mol. The number of unbranched alkanes of at least 4 members (excludes halogenated alkanes) is 23. The number of carbonyl (C=O) groups is 1. The zero-order valence-electron chi connectivity index (χ0n) is 31.0. The van der Waals surface area contributed by atoms with Crippen LogP contribution >= 0.6 is 0 Å². The Kier molecular flexibility index (Phi) is 29.2. The van der Waals surface area contributed by atoms with Gasteiger partial charge in [-0.05, 0) is 12.8 Å². The van der Waals surface area contributed by atoms with Crippen molar-refractivity contribution >= 4 is 5.91 Å². The highest BCUT2D eigenvalue weighted by atomic mass is 16.7. The topological polar surface area (TPSA) is 149 Å². The van der Waals surface area contributed by atoms with Crippen LogP contribution in [-0.2, 0) is 14.3 Å². The monoisotopic (exact) mass is 688 g/mol. The van der Waals surface area contributed by atoms with Crippen molar-refractivity contribution in [1.29, 1.82) is 0 Å². The molecule has 0 aliphatic carbocycles. The van der Waals surface area contributed by atoms with E-state index in [4.69, 9.17) is 9.47 Å². The molecule has 0 bridgehead atoms. The number of hydrogen-bond acceptors (Lipinski definition) is 8. The SMILES string of the molecule is CCCCCCCCCCCCCCCCCCCCCCCC(=O)NC(COC1OC(CO)C(O)C(O)C1O)C(O)CCCCCC. The maximum absolute atomic E-state index is 12.8. The van der Waals surface area contributed by atoms with Gasteiger partial charge in [0.2, 0.25) is 5.91 Å². The van der Waals surface area contributed by atoms with Crippen molar-refractivity contribution in [3.63, 3.8) is 0 Å². The molecule has 6 N–H and O–H groups in total. The highest BCUT2D eigenvalue weighted by molar-refractivity contribution is 5.76. The zero-order valence-corrected chi connectivity index (χ0v) is 31.0. The summed E-state index contributed by atoms with van der Waals surface area (Å²) >= 11 is 0. The number of carbonyl (C=O) groups excluding carboxylic acids is 1. The van der Waals surface area contributed by atoms with Gasteiger partial charge in [0.1, 0.15) is 24.4 Å². The van der Waals surface area contributed by atoms with Crippen molar-refractivity contribution in [1.82, 2.24) is 5.32 Å². The molecule has 1 rings (SSSR count). The molecule has 1 saturated heterocycles. The van der Waals surface area contributed by atoms with Gasteiger partial charge in [-0.1, -0.05) is 168 Å². The Bertz CT molecular complexity index is 726. The molecule has 9 nitrogen and oxygen atoms in total. The van der Waals surface area contributed by atoms with Gasteiger partial charge in [-0.2, -0.15) is 0 Å². The predicted octanol–water partition coefficient (Wildman–Crippen LogP) is 7.22. The van der Waals surface area contributed by atoms with Gasteiger partial charge in [-0.3, -0.25) is 4.79 Å². The van der Waals surface area contributed by atoms with Gasteiger partial charge in [0.25, 0.3) is 0 Å². The maximum atomic E-state index is 12.8. The van der Waals surface area contributed by atoms with E-state index in [1.807, 2.05) is 0 Å². The van der Waals surface area contributed by atoms with Gasteiger partial charge in [0.15, 0.2) is 6.29 Å². The third kappa shape index (κ3) is 22.1. The Morgan fingerprint density at radius 3 is 1.48 bits per heavy atom. The minimum atomic E-state index is -1.54. The molecular weight excluding hydrogens is 610 g/mol. The molecule has 0 spiro atoms. The standard InChI is InChI=1S/C39H77NO8/c1-3-5-7-9-10-11-12-13-14-15-16-17-18-19-20-21-22-23-24-25-27-29-35(43)40-32(33(42)28-26-8-6-4-2)31-47-39-38(46)37(45)36(44)34(30-41)48-39/h32-34,36-39,41-42,44-46H,3-31H2,1-2H3,(H,40,43). The van der Waals surface area contributed by atoms with Crippen molar-refractivity contribution < 1.29 is 39.8 Å². The van der Waals surface area contributed by atoms with E-state index in [-0.39, 0.29) is 12.5 Å². The quantitative estimate of drug-likeness (QED) is 0.0396. The van der Waals surface area contributed by atoms with Gasteiger partial charge in [-0.15, -0.1) is 0 Å². The second-order valence-electron chi connectivity index (χ2n) is 14.4. The van der Waals surface area contributed by atoms with E-state index in [0.717, 1.165) is 44.9 Å². The average Bonchev–Trinajstić information content (AvgIpc) is 3.08. The third-order valence-electron chi connectivity index (χ3n) is 9.96. The first-order valence-corrected chi connectivity index (χ1v) is 20.2. The summed E-state index contributed by atoms with van der Waals surface area (Å²) in [5.41, 5.74) is 0. The molecule has 1 amide bonds. The summed E-state index contributed by atoms with van der Waals surface area (Å²) in [5.74, 6) is -0.150. The van der Waals surface area contributed by atoms with Crippen LogP contribution in [0.15, 0.2) is 0 Å². The Morgan fingerprint density at radius 2 is 1.04 bits per heavy atom. The Morgan fingerprint density at radius 1 is 0.625 bits per heavy atom. The van der Waals surface area contributed by atoms with Gasteiger partial charge >= 0.3 is 0 Å². The first kappa shape index (κ1) is 45.2. The van der Waals surface area contributed by atoms with Crippen LogP contribution in [-0.4, -0.2) is 87.5 Å². The number of aliphatic hydroxyl groups excluding tert-OH is 5. The lowest BCUT2D eigenvalue weighted by atomic mass is 9.99. The second kappa shape index (κ2) is 31.0. The number of amides is 1. The van der Waals surface area contributed by atoms with Crippen LogP contribution < -0.4 is 5.32 Å². The van der Waals surface area contributed by atoms with Gasteiger partial charge < -0.3 is 40.3 Å². The first-order valence-electron chi connectivity index (χ1n) is 20.2. The van der Waals surface area contributed by atoms with E-state index in [9.17, 15) is 30.3 Å². The van der Waals surface area contributed by atoms with Crippen molar-refractivity contribution in [2.24, 2.45) is 0 Å². The smallest absolute Gasteiger partial charge is 0.220 e. The molecule has 0 radical (unpaired) electrons. The molecule has 7 atom stereocenters. The van der Waals surface area contributed by atoms with Gasteiger partial charge in [0, 0.05) is 6.42 Å². The van der Waals surface area contributed by atoms with Crippen LogP contribution in [0.2, 0.25) is 0 Å². The minimum Gasteiger partial charge on any atom is -0.394 e. The summed E-state index contributed by atoms with van der Waals surface area (Å²) in [6.45, 7) is 3.71. The summed E-state index contributed by atoms with van der Waals surface area (Å²) in [4.78, 5) is 12.8. The molecule has 9 heteroatoms. The number of rotatable bonds is 33. The fourth-order valence-corrected chi connectivity index (χ4v) is 6.63. The highest BCUT2D eigenvalue weighted by Gasteiger charge is 2.44. The van der Waals surface area contributed by atoms with Crippen LogP contribution in [0, 0.1) is 0 Å². The van der Waals surface area contributed by atoms with E-state index in [1.54, 1.807) is 0 Å². The zero-order chi connectivity index (χ0) is 35.2. The first-order chi connectivity index (χ1) is 23.3. The molecule has 1 fully saturated rings. The van der Waals surface area contributed by atoms with Crippen molar-refractivity contribution in [3.8, 4) is 0 Å². The maximum Gasteiger partial charge on any atom is 0.220 e. The molecule has 0 saturated carbocycles. The summed E-state index contributed by atoms with van der Waals surface area (Å²) in [7, 11) is 0. The third-order valence-corrected chi connectivity index (χ3v) is 9.96. The summed E-state index contributed by atoms with van der Waals surface area (Å²) in [5, 5.41) is 53.6. The van der Waals surface area contributed by atoms with E-state index in [0.29, 0.717) is 12.8 Å². The largest absolute Gasteiger partial charge is 0.394 e.